The van der Waals surface area contributed by atoms with E-state index in [9.17, 15) is 14.4 Å². The molecule has 0 spiro atoms. The summed E-state index contributed by atoms with van der Waals surface area (Å²) < 4.78 is 15.3. The second kappa shape index (κ2) is 10.1. The third kappa shape index (κ3) is 5.27. The van der Waals surface area contributed by atoms with Gasteiger partial charge in [0.15, 0.2) is 16.8 Å². The van der Waals surface area contributed by atoms with Crippen LogP contribution >= 0.6 is 11.8 Å². The zero-order valence-corrected chi connectivity index (χ0v) is 18.7. The Kier molecular flexibility index (Phi) is 6.81. The quantitative estimate of drug-likeness (QED) is 0.294. The van der Waals surface area contributed by atoms with Gasteiger partial charge >= 0.3 is 0 Å². The number of carbonyl (C=O) groups excluding carboxylic acids is 1. The smallest absolute Gasteiger partial charge is 0.192 e. The molecule has 8 heteroatoms. The van der Waals surface area contributed by atoms with E-state index in [1.165, 1.54) is 23.9 Å². The van der Waals surface area contributed by atoms with Crippen LogP contribution in [0.25, 0.3) is 11.4 Å². The molecule has 164 valence electrons. The Morgan fingerprint density at radius 1 is 1.06 bits per heavy atom. The molecular formula is C25H20FN5OS. The van der Waals surface area contributed by atoms with Gasteiger partial charge in [0.1, 0.15) is 17.5 Å². The second-order valence-corrected chi connectivity index (χ2v) is 8.28. The molecule has 0 amide bonds. The van der Waals surface area contributed by atoms with Crippen molar-refractivity contribution in [1.82, 2.24) is 19.7 Å². The maximum absolute atomic E-state index is 13.4. The highest BCUT2D eigenvalue weighted by atomic mass is 32.2. The van der Waals surface area contributed by atoms with Crippen LogP contribution in [0.2, 0.25) is 0 Å². The second-order valence-electron chi connectivity index (χ2n) is 7.34. The van der Waals surface area contributed by atoms with Crippen LogP contribution in [-0.2, 0) is 11.3 Å². The van der Waals surface area contributed by atoms with E-state index in [0.29, 0.717) is 23.1 Å². The topological polar surface area (TPSA) is 74.8 Å². The van der Waals surface area contributed by atoms with Gasteiger partial charge < -0.3 is 4.90 Å². The van der Waals surface area contributed by atoms with Crippen molar-refractivity contribution in [2.75, 3.05) is 12.8 Å². The summed E-state index contributed by atoms with van der Waals surface area (Å²) in [5.41, 5.74) is 2.45. The molecule has 2 aromatic carbocycles. The van der Waals surface area contributed by atoms with Crippen molar-refractivity contribution in [2.24, 2.45) is 0 Å². The summed E-state index contributed by atoms with van der Waals surface area (Å²) in [6.45, 7) is 0.487. The van der Waals surface area contributed by atoms with Gasteiger partial charge in [-0.25, -0.2) is 4.39 Å². The molecule has 1 aromatic heterocycles. The van der Waals surface area contributed by atoms with E-state index in [-0.39, 0.29) is 22.9 Å². The maximum Gasteiger partial charge on any atom is 0.192 e. The minimum Gasteiger partial charge on any atom is -0.357 e. The highest BCUT2D eigenvalue weighted by molar-refractivity contribution is 7.99. The molecule has 0 fully saturated rings. The number of ketones is 1. The van der Waals surface area contributed by atoms with Gasteiger partial charge in [-0.2, -0.15) is 5.26 Å². The number of aromatic nitrogens is 3. The lowest BCUT2D eigenvalue weighted by Crippen LogP contribution is -2.11. The van der Waals surface area contributed by atoms with Crippen LogP contribution in [0.1, 0.15) is 5.56 Å². The number of rotatable bonds is 7. The Morgan fingerprint density at radius 3 is 2.42 bits per heavy atom. The number of nitriles is 1. The standard InChI is InChI=1S/C25H20FN5OS/c1-30-13-11-19(12-14-30)22(15-27)23(32)17-33-25-29-28-24(20-7-9-21(26)10-8-20)31(25)16-18-5-3-2-4-6-18/h2-14H,16-17H2,1H3. The Morgan fingerprint density at radius 2 is 1.76 bits per heavy atom. The highest BCUT2D eigenvalue weighted by Gasteiger charge is 2.19. The minimum absolute atomic E-state index is 0.0419. The van der Waals surface area contributed by atoms with Crippen molar-refractivity contribution in [3.05, 3.63) is 102 Å². The van der Waals surface area contributed by atoms with E-state index >= 15 is 0 Å². The minimum atomic E-state index is -0.331. The summed E-state index contributed by atoms with van der Waals surface area (Å²) in [4.78, 5) is 14.7. The first kappa shape index (κ1) is 22.2. The van der Waals surface area contributed by atoms with E-state index in [0.717, 1.165) is 11.1 Å². The largest absolute Gasteiger partial charge is 0.357 e. The lowest BCUT2D eigenvalue weighted by molar-refractivity contribution is -0.112. The number of nitrogens with zero attached hydrogens (tertiary/aromatic N) is 5. The number of carbonyl (C=O) groups is 1. The van der Waals surface area contributed by atoms with Crippen LogP contribution in [0.15, 0.2) is 95.5 Å². The summed E-state index contributed by atoms with van der Waals surface area (Å²) in [5, 5.41) is 18.7. The first-order chi connectivity index (χ1) is 16.0. The van der Waals surface area contributed by atoms with E-state index in [1.54, 1.807) is 36.7 Å². The number of hydrogen-bond acceptors (Lipinski definition) is 6. The van der Waals surface area contributed by atoms with Gasteiger partial charge in [0, 0.05) is 25.0 Å². The number of allylic oxidation sites excluding steroid dienone is 4. The number of benzene rings is 2. The Labute approximate surface area is 195 Å². The summed E-state index contributed by atoms with van der Waals surface area (Å²) in [5.74, 6) is 0.00483. The molecule has 3 aromatic rings. The van der Waals surface area contributed by atoms with Crippen LogP contribution in [0.3, 0.4) is 0 Å². The molecule has 0 atom stereocenters. The fraction of sp³-hybridized carbons (Fsp3) is 0.120. The third-order valence-electron chi connectivity index (χ3n) is 4.99. The van der Waals surface area contributed by atoms with Crippen molar-refractivity contribution in [1.29, 1.82) is 5.26 Å². The molecule has 0 saturated carbocycles. The van der Waals surface area contributed by atoms with Gasteiger partial charge in [-0.05, 0) is 47.6 Å². The molecule has 4 rings (SSSR count). The summed E-state index contributed by atoms with van der Waals surface area (Å²) in [6, 6.07) is 17.9. The monoisotopic (exact) mass is 457 g/mol. The third-order valence-corrected chi connectivity index (χ3v) is 5.96. The average molecular weight is 458 g/mol. The number of thioether (sulfide) groups is 1. The predicted molar refractivity (Wildman–Crippen MR) is 125 cm³/mol. The van der Waals surface area contributed by atoms with E-state index in [1.807, 2.05) is 52.9 Å². The van der Waals surface area contributed by atoms with Crippen LogP contribution in [0.5, 0.6) is 0 Å². The highest BCUT2D eigenvalue weighted by Crippen LogP contribution is 2.26. The molecule has 1 aliphatic rings. The number of Topliss-reactive ketones (excluding diaryl/α,β-unsaturated/α-hetero) is 1. The number of hydrogen-bond donors (Lipinski definition) is 0. The summed E-state index contributed by atoms with van der Waals surface area (Å²) in [6.07, 6.45) is 7.06. The fourth-order valence-corrected chi connectivity index (χ4v) is 4.08. The molecule has 1 aliphatic heterocycles. The van der Waals surface area contributed by atoms with Crippen molar-refractivity contribution in [3.63, 3.8) is 0 Å². The molecular weight excluding hydrogens is 437 g/mol. The Hall–Kier alpha value is -3.96. The van der Waals surface area contributed by atoms with Crippen molar-refractivity contribution in [2.45, 2.75) is 11.7 Å². The van der Waals surface area contributed by atoms with E-state index in [2.05, 4.69) is 10.2 Å². The van der Waals surface area contributed by atoms with Gasteiger partial charge in [-0.1, -0.05) is 42.1 Å². The van der Waals surface area contributed by atoms with Gasteiger partial charge in [0.25, 0.3) is 0 Å². The predicted octanol–water partition coefficient (Wildman–Crippen LogP) is 4.59. The van der Waals surface area contributed by atoms with Crippen LogP contribution in [0, 0.1) is 17.1 Å². The Balaban J connectivity index is 1.61. The van der Waals surface area contributed by atoms with Crippen LogP contribution in [-0.4, -0.2) is 38.2 Å². The van der Waals surface area contributed by atoms with Gasteiger partial charge in [0.2, 0.25) is 0 Å². The van der Waals surface area contributed by atoms with Crippen molar-refractivity contribution < 1.29 is 9.18 Å². The molecule has 0 radical (unpaired) electrons. The molecule has 0 N–H and O–H groups in total. The zero-order valence-electron chi connectivity index (χ0n) is 17.9. The molecule has 0 aliphatic carbocycles. The summed E-state index contributed by atoms with van der Waals surface area (Å²) >= 11 is 1.22. The average Bonchev–Trinajstić information content (AvgIpc) is 3.23. The molecule has 2 heterocycles. The molecule has 0 saturated heterocycles. The zero-order chi connectivity index (χ0) is 23.2. The first-order valence-electron chi connectivity index (χ1n) is 10.2. The normalized spacial score (nSPS) is 12.6. The van der Waals surface area contributed by atoms with Gasteiger partial charge in [-0.15, -0.1) is 10.2 Å². The van der Waals surface area contributed by atoms with Gasteiger partial charge in [0.05, 0.1) is 12.3 Å². The van der Waals surface area contributed by atoms with E-state index in [4.69, 9.17) is 0 Å². The van der Waals surface area contributed by atoms with E-state index < -0.39 is 0 Å². The SMILES string of the molecule is CN1C=CC(=C(C#N)C(=O)CSc2nnc(-c3ccc(F)cc3)n2Cc2ccccc2)C=C1. The fourth-order valence-electron chi connectivity index (χ4n) is 3.27. The van der Waals surface area contributed by atoms with Crippen LogP contribution in [0.4, 0.5) is 4.39 Å². The molecule has 6 nitrogen and oxygen atoms in total. The molecule has 0 bridgehead atoms. The van der Waals surface area contributed by atoms with Crippen molar-refractivity contribution >= 4 is 17.5 Å². The Bertz CT molecular complexity index is 1270. The van der Waals surface area contributed by atoms with Gasteiger partial charge in [-0.3, -0.25) is 9.36 Å². The maximum atomic E-state index is 13.4. The lowest BCUT2D eigenvalue weighted by Gasteiger charge is -2.13. The number of halogens is 1. The van der Waals surface area contributed by atoms with Crippen LogP contribution < -0.4 is 0 Å². The summed E-state index contributed by atoms with van der Waals surface area (Å²) in [7, 11) is 1.87. The molecule has 0 unspecified atom stereocenters. The molecule has 33 heavy (non-hydrogen) atoms. The van der Waals surface area contributed by atoms with Crippen molar-refractivity contribution in [3.8, 4) is 17.5 Å². The first-order valence-corrected chi connectivity index (χ1v) is 11.2. The lowest BCUT2D eigenvalue weighted by atomic mass is 10.0.